The van der Waals surface area contributed by atoms with Crippen molar-refractivity contribution in [2.24, 2.45) is 17.6 Å². The molecule has 5 N–H and O–H groups in total. The highest BCUT2D eigenvalue weighted by molar-refractivity contribution is 6.32. The topological polar surface area (TPSA) is 126 Å². The van der Waals surface area contributed by atoms with Gasteiger partial charge in [-0.1, -0.05) is 30.9 Å². The highest BCUT2D eigenvalue weighted by atomic mass is 35.5. The van der Waals surface area contributed by atoms with Crippen LogP contribution in [0.15, 0.2) is 12.1 Å². The van der Waals surface area contributed by atoms with Crippen LogP contribution in [0.2, 0.25) is 5.02 Å². The molecule has 1 spiro atoms. The van der Waals surface area contributed by atoms with Gasteiger partial charge in [0.05, 0.1) is 12.1 Å². The number of nitrogens with two attached hydrogens (primary N) is 2. The zero-order valence-corrected chi connectivity index (χ0v) is 18.1. The van der Waals surface area contributed by atoms with Crippen LogP contribution in [0.3, 0.4) is 0 Å². The lowest BCUT2D eigenvalue weighted by molar-refractivity contribution is -0.732. The average Bonchev–Trinajstić information content (AvgIpc) is 3.30. The molecular weight excluding hydrogens is 420 g/mol. The van der Waals surface area contributed by atoms with Crippen LogP contribution in [0.4, 0.5) is 5.69 Å². The lowest BCUT2D eigenvalue weighted by Gasteiger charge is -2.32. The van der Waals surface area contributed by atoms with E-state index in [0.29, 0.717) is 21.8 Å². The summed E-state index contributed by atoms with van der Waals surface area (Å²) in [6.07, 6.45) is 4.53. The second-order valence-electron chi connectivity index (χ2n) is 9.26. The monoisotopic (exact) mass is 445 g/mol. The van der Waals surface area contributed by atoms with Gasteiger partial charge in [-0.25, -0.2) is 0 Å². The number of hydrogen-bond donors (Lipinski definition) is 3. The fraction of sp³-hybridized carbons (Fsp3) is 0.545. The van der Waals surface area contributed by atoms with Crippen molar-refractivity contribution >= 4 is 40.9 Å². The summed E-state index contributed by atoms with van der Waals surface area (Å²) in [5, 5.41) is 5.15. The van der Waals surface area contributed by atoms with E-state index in [1.165, 1.54) is 4.90 Å². The molecule has 1 aromatic carbocycles. The summed E-state index contributed by atoms with van der Waals surface area (Å²) in [6.45, 7) is 1.81. The first-order valence-electron chi connectivity index (χ1n) is 10.9. The van der Waals surface area contributed by atoms with Crippen molar-refractivity contribution in [2.45, 2.75) is 63.1 Å². The quantitative estimate of drug-likeness (QED) is 0.587. The van der Waals surface area contributed by atoms with Gasteiger partial charge in [0.1, 0.15) is 17.9 Å². The minimum Gasteiger partial charge on any atom is -0.369 e. The van der Waals surface area contributed by atoms with Gasteiger partial charge in [-0.2, -0.15) is 0 Å². The number of anilines is 1. The van der Waals surface area contributed by atoms with Crippen molar-refractivity contribution in [3.8, 4) is 0 Å². The molecule has 4 amide bonds. The molecule has 0 aromatic heterocycles. The van der Waals surface area contributed by atoms with Crippen LogP contribution >= 0.6 is 11.6 Å². The Hall–Kier alpha value is -2.45. The number of nitrogens with zero attached hydrogens (tertiary/aromatic N) is 1. The van der Waals surface area contributed by atoms with Gasteiger partial charge in [0, 0.05) is 16.6 Å². The zero-order chi connectivity index (χ0) is 22.1. The van der Waals surface area contributed by atoms with Gasteiger partial charge in [0.15, 0.2) is 0 Å². The molecule has 3 aliphatic heterocycles. The van der Waals surface area contributed by atoms with E-state index in [1.807, 2.05) is 6.92 Å². The predicted molar refractivity (Wildman–Crippen MR) is 112 cm³/mol. The van der Waals surface area contributed by atoms with E-state index >= 15 is 0 Å². The third-order valence-electron chi connectivity index (χ3n) is 7.65. The third-order valence-corrected chi connectivity index (χ3v) is 8.06. The molecule has 8 nitrogen and oxygen atoms in total. The summed E-state index contributed by atoms with van der Waals surface area (Å²) in [5.74, 6) is -3.10. The maximum absolute atomic E-state index is 13.8. The molecule has 0 radical (unpaired) electrons. The SMILES string of the molecule is Cc1c(Cl)ccc2c1NC(=O)[C@@]21[NH2+][C@@H](CC(N)=O)[C@H]2C(=O)N(C3CCCCC3)C(=O)[C@H]21. The number of benzene rings is 1. The van der Waals surface area contributed by atoms with Crippen molar-refractivity contribution in [3.63, 3.8) is 0 Å². The number of carbonyl (C=O) groups is 4. The van der Waals surface area contributed by atoms with Crippen LogP contribution in [0, 0.1) is 18.8 Å². The second-order valence-corrected chi connectivity index (χ2v) is 9.67. The largest absolute Gasteiger partial charge is 0.369 e. The van der Waals surface area contributed by atoms with Crippen LogP contribution < -0.4 is 16.4 Å². The Labute approximate surface area is 184 Å². The molecule has 3 fully saturated rings. The summed E-state index contributed by atoms with van der Waals surface area (Å²) >= 11 is 6.27. The highest BCUT2D eigenvalue weighted by Gasteiger charge is 2.74. The van der Waals surface area contributed by atoms with E-state index in [2.05, 4.69) is 5.32 Å². The fourth-order valence-electron chi connectivity index (χ4n) is 6.29. The minimum atomic E-state index is -1.30. The van der Waals surface area contributed by atoms with E-state index in [-0.39, 0.29) is 30.2 Å². The summed E-state index contributed by atoms with van der Waals surface area (Å²) in [4.78, 5) is 54.0. The Kier molecular flexibility index (Phi) is 4.64. The van der Waals surface area contributed by atoms with Gasteiger partial charge >= 0.3 is 0 Å². The first-order chi connectivity index (χ1) is 14.8. The predicted octanol–water partition coefficient (Wildman–Crippen LogP) is 0.551. The number of fused-ring (bicyclic) bond motifs is 4. The first-order valence-corrected chi connectivity index (χ1v) is 11.3. The number of halogens is 1. The molecule has 5 rings (SSSR count). The number of nitrogens with one attached hydrogen (secondary N) is 1. The van der Waals surface area contributed by atoms with Crippen LogP contribution in [0.5, 0.6) is 0 Å². The molecular formula is C22H26ClN4O4+. The number of carbonyl (C=O) groups excluding carboxylic acids is 4. The maximum Gasteiger partial charge on any atom is 0.291 e. The molecule has 164 valence electrons. The summed E-state index contributed by atoms with van der Waals surface area (Å²) in [6, 6.07) is 2.76. The summed E-state index contributed by atoms with van der Waals surface area (Å²) < 4.78 is 0. The van der Waals surface area contributed by atoms with Crippen LogP contribution in [0.1, 0.15) is 49.7 Å². The molecule has 0 bridgehead atoms. The molecule has 31 heavy (non-hydrogen) atoms. The second kappa shape index (κ2) is 7.03. The number of imide groups is 1. The third kappa shape index (κ3) is 2.70. The lowest BCUT2D eigenvalue weighted by Crippen LogP contribution is -2.99. The smallest absolute Gasteiger partial charge is 0.291 e. The molecule has 2 saturated heterocycles. The number of hydrogen-bond acceptors (Lipinski definition) is 4. The molecule has 4 aliphatic rings. The number of rotatable bonds is 3. The van der Waals surface area contributed by atoms with Crippen LogP contribution in [0.25, 0.3) is 0 Å². The molecule has 0 unspecified atom stereocenters. The highest BCUT2D eigenvalue weighted by Crippen LogP contribution is 2.51. The van der Waals surface area contributed by atoms with E-state index < -0.39 is 29.3 Å². The standard InChI is InChI=1S/C22H25ClN4O4/c1-10-13(23)8-7-12-18(10)25-21(31)22(12)17-16(14(26-22)9-15(24)28)19(29)27(20(17)30)11-5-3-2-4-6-11/h7-8,11,14,16-17,26H,2-6,9H2,1H3,(H2,24,28)(H,25,31)/p+1/t14-,16+,17-,22+/m0/s1. The first kappa shape index (κ1) is 20.5. The van der Waals surface area contributed by atoms with Gasteiger partial charge in [0.25, 0.3) is 5.91 Å². The number of amides is 4. The zero-order valence-electron chi connectivity index (χ0n) is 17.3. The Morgan fingerprint density at radius 3 is 2.61 bits per heavy atom. The van der Waals surface area contributed by atoms with Crippen molar-refractivity contribution in [1.29, 1.82) is 0 Å². The minimum absolute atomic E-state index is 0.0738. The average molecular weight is 446 g/mol. The lowest BCUT2D eigenvalue weighted by atomic mass is 9.76. The van der Waals surface area contributed by atoms with Gasteiger partial charge < -0.3 is 16.4 Å². The Bertz CT molecular complexity index is 1020. The van der Waals surface area contributed by atoms with Crippen molar-refractivity contribution in [1.82, 2.24) is 4.90 Å². The maximum atomic E-state index is 13.8. The fourth-order valence-corrected chi connectivity index (χ4v) is 6.45. The molecule has 1 aliphatic carbocycles. The normalized spacial score (nSPS) is 32.5. The van der Waals surface area contributed by atoms with E-state index in [9.17, 15) is 19.2 Å². The number of quaternary nitrogens is 1. The summed E-state index contributed by atoms with van der Waals surface area (Å²) in [5.41, 5.74) is 6.14. The summed E-state index contributed by atoms with van der Waals surface area (Å²) in [7, 11) is 0. The van der Waals surface area contributed by atoms with Crippen molar-refractivity contribution < 1.29 is 24.5 Å². The molecule has 3 heterocycles. The van der Waals surface area contributed by atoms with Crippen molar-refractivity contribution in [3.05, 3.63) is 28.3 Å². The Balaban J connectivity index is 1.65. The van der Waals surface area contributed by atoms with Crippen molar-refractivity contribution in [2.75, 3.05) is 5.32 Å². The van der Waals surface area contributed by atoms with E-state index in [0.717, 1.165) is 32.1 Å². The van der Waals surface area contributed by atoms with E-state index in [4.69, 9.17) is 17.3 Å². The Morgan fingerprint density at radius 2 is 1.94 bits per heavy atom. The van der Waals surface area contributed by atoms with Gasteiger partial charge in [0.2, 0.25) is 23.3 Å². The number of primary amides is 1. The Morgan fingerprint density at radius 1 is 1.23 bits per heavy atom. The van der Waals surface area contributed by atoms with Gasteiger partial charge in [-0.3, -0.25) is 24.1 Å². The molecule has 9 heteroatoms. The van der Waals surface area contributed by atoms with Gasteiger partial charge in [-0.15, -0.1) is 0 Å². The molecule has 1 saturated carbocycles. The molecule has 1 aromatic rings. The number of likely N-dealkylation sites (tertiary alicyclic amines) is 1. The van der Waals surface area contributed by atoms with E-state index in [1.54, 1.807) is 17.4 Å². The molecule has 4 atom stereocenters. The van der Waals surface area contributed by atoms with Crippen LogP contribution in [-0.2, 0) is 24.7 Å². The van der Waals surface area contributed by atoms with Gasteiger partial charge in [-0.05, 0) is 37.5 Å². The van der Waals surface area contributed by atoms with Crippen LogP contribution in [-0.4, -0.2) is 40.6 Å².